The van der Waals surface area contributed by atoms with Crippen molar-refractivity contribution < 1.29 is 5.11 Å². The summed E-state index contributed by atoms with van der Waals surface area (Å²) in [5.41, 5.74) is 0. The number of hydrogen-bond donors (Lipinski definition) is 4. The molecular formula is C10H22OS6. The van der Waals surface area contributed by atoms with Gasteiger partial charge in [0.25, 0.3) is 0 Å². The Morgan fingerprint density at radius 2 is 1.71 bits per heavy atom. The number of rotatable bonds is 12. The second-order valence-corrected chi connectivity index (χ2v) is 8.56. The normalized spacial score (nSPS) is 14.8. The highest BCUT2D eigenvalue weighted by Gasteiger charge is 2.10. The lowest BCUT2D eigenvalue weighted by molar-refractivity contribution is 0.322. The fourth-order valence-corrected chi connectivity index (χ4v) is 5.50. The van der Waals surface area contributed by atoms with E-state index in [1.54, 1.807) is 11.8 Å². The van der Waals surface area contributed by atoms with Gasteiger partial charge in [-0.2, -0.15) is 73.2 Å². The summed E-state index contributed by atoms with van der Waals surface area (Å²) in [4.78, 5) is 0. The van der Waals surface area contributed by atoms with Crippen molar-refractivity contribution in [2.75, 3.05) is 46.9 Å². The van der Waals surface area contributed by atoms with E-state index in [9.17, 15) is 0 Å². The molecule has 0 aliphatic heterocycles. The molecule has 1 N–H and O–H groups in total. The first kappa shape index (κ1) is 19.1. The van der Waals surface area contributed by atoms with Crippen molar-refractivity contribution in [2.45, 2.75) is 10.5 Å². The van der Waals surface area contributed by atoms with E-state index < -0.39 is 0 Å². The largest absolute Gasteiger partial charge is 0.396 e. The summed E-state index contributed by atoms with van der Waals surface area (Å²) < 4.78 is 0. The third-order valence-electron chi connectivity index (χ3n) is 1.81. The van der Waals surface area contributed by atoms with E-state index in [0.717, 1.165) is 40.3 Å². The smallest absolute Gasteiger partial charge is 0.0521 e. The summed E-state index contributed by atoms with van der Waals surface area (Å²) >= 11 is 18.8. The molecule has 0 amide bonds. The maximum atomic E-state index is 8.72. The van der Waals surface area contributed by atoms with Gasteiger partial charge in [-0.1, -0.05) is 0 Å². The molecular weight excluding hydrogens is 329 g/mol. The minimum Gasteiger partial charge on any atom is -0.396 e. The Morgan fingerprint density at radius 1 is 1.00 bits per heavy atom. The van der Waals surface area contributed by atoms with Crippen LogP contribution in [0, 0.1) is 0 Å². The van der Waals surface area contributed by atoms with Crippen LogP contribution in [0.2, 0.25) is 0 Å². The van der Waals surface area contributed by atoms with E-state index in [-0.39, 0.29) is 6.61 Å². The van der Waals surface area contributed by atoms with Gasteiger partial charge in [0.1, 0.15) is 0 Å². The van der Waals surface area contributed by atoms with Crippen LogP contribution in [0.25, 0.3) is 0 Å². The lowest BCUT2D eigenvalue weighted by atomic mass is 10.5. The second kappa shape index (κ2) is 14.5. The molecule has 2 atom stereocenters. The molecule has 0 bridgehead atoms. The van der Waals surface area contributed by atoms with Crippen molar-refractivity contribution in [1.29, 1.82) is 0 Å². The average molecular weight is 351 g/mol. The maximum absolute atomic E-state index is 8.72. The molecule has 2 unspecified atom stereocenters. The zero-order valence-corrected chi connectivity index (χ0v) is 15.0. The second-order valence-electron chi connectivity index (χ2n) is 3.39. The van der Waals surface area contributed by atoms with Crippen LogP contribution >= 0.6 is 73.2 Å². The molecule has 1 nitrogen and oxygen atoms in total. The highest BCUT2D eigenvalue weighted by molar-refractivity contribution is 8.04. The van der Waals surface area contributed by atoms with Crippen LogP contribution in [0.3, 0.4) is 0 Å². The summed E-state index contributed by atoms with van der Waals surface area (Å²) in [7, 11) is 0. The van der Waals surface area contributed by atoms with Gasteiger partial charge in [-0.15, -0.1) is 0 Å². The first-order valence-electron chi connectivity index (χ1n) is 5.52. The summed E-state index contributed by atoms with van der Waals surface area (Å²) in [6.45, 7) is 0.268. The minimum absolute atomic E-state index is 0.268. The lowest BCUT2D eigenvalue weighted by Crippen LogP contribution is -2.15. The van der Waals surface area contributed by atoms with Gasteiger partial charge in [0.05, 0.1) is 6.61 Å². The van der Waals surface area contributed by atoms with E-state index >= 15 is 0 Å². The molecule has 0 radical (unpaired) electrons. The summed E-state index contributed by atoms with van der Waals surface area (Å²) in [5.74, 6) is 7.01. The zero-order valence-electron chi connectivity index (χ0n) is 9.83. The Balaban J connectivity index is 3.52. The monoisotopic (exact) mass is 350 g/mol. The van der Waals surface area contributed by atoms with Crippen molar-refractivity contribution in [1.82, 2.24) is 0 Å². The fraction of sp³-hybridized carbons (Fsp3) is 1.00. The van der Waals surface area contributed by atoms with Crippen molar-refractivity contribution in [3.05, 3.63) is 0 Å². The summed E-state index contributed by atoms with van der Waals surface area (Å²) in [6.07, 6.45) is 0. The Labute approximate surface area is 135 Å². The van der Waals surface area contributed by atoms with Gasteiger partial charge in [0.2, 0.25) is 0 Å². The SMILES string of the molecule is OCCSCC(CS)SCC(S)CSCCS. The summed E-state index contributed by atoms with van der Waals surface area (Å²) in [6, 6.07) is 0. The number of hydrogen-bond acceptors (Lipinski definition) is 7. The van der Waals surface area contributed by atoms with Gasteiger partial charge >= 0.3 is 0 Å². The molecule has 0 saturated heterocycles. The fourth-order valence-electron chi connectivity index (χ4n) is 1.01. The Hall–Kier alpha value is 2.06. The molecule has 0 fully saturated rings. The predicted octanol–water partition coefficient (Wildman–Crippen LogP) is 2.70. The molecule has 0 saturated carbocycles. The van der Waals surface area contributed by atoms with Crippen molar-refractivity contribution in [3.8, 4) is 0 Å². The topological polar surface area (TPSA) is 20.2 Å². The van der Waals surface area contributed by atoms with Crippen molar-refractivity contribution in [3.63, 3.8) is 0 Å². The number of aliphatic hydroxyl groups is 1. The maximum Gasteiger partial charge on any atom is 0.0521 e. The molecule has 0 aromatic heterocycles. The first-order valence-corrected chi connectivity index (χ1v) is 10.7. The van der Waals surface area contributed by atoms with Gasteiger partial charge < -0.3 is 5.11 Å². The minimum atomic E-state index is 0.268. The average Bonchev–Trinajstić information content (AvgIpc) is 2.34. The van der Waals surface area contributed by atoms with Crippen LogP contribution in [-0.4, -0.2) is 62.5 Å². The Bertz CT molecular complexity index is 160. The van der Waals surface area contributed by atoms with Crippen LogP contribution in [-0.2, 0) is 0 Å². The van der Waals surface area contributed by atoms with E-state index in [4.69, 9.17) is 5.11 Å². The number of aliphatic hydroxyl groups excluding tert-OH is 1. The van der Waals surface area contributed by atoms with E-state index in [1.165, 1.54) is 0 Å². The van der Waals surface area contributed by atoms with E-state index in [0.29, 0.717) is 10.5 Å². The van der Waals surface area contributed by atoms with E-state index in [1.807, 2.05) is 23.5 Å². The lowest BCUT2D eigenvalue weighted by Gasteiger charge is -2.16. The quantitative estimate of drug-likeness (QED) is 0.320. The highest BCUT2D eigenvalue weighted by Crippen LogP contribution is 2.21. The number of thiol groups is 3. The third kappa shape index (κ3) is 12.8. The molecule has 17 heavy (non-hydrogen) atoms. The van der Waals surface area contributed by atoms with Crippen molar-refractivity contribution in [2.24, 2.45) is 0 Å². The highest BCUT2D eigenvalue weighted by atomic mass is 32.2. The molecule has 104 valence electrons. The first-order chi connectivity index (χ1) is 8.24. The van der Waals surface area contributed by atoms with Crippen LogP contribution < -0.4 is 0 Å². The Kier molecular flexibility index (Phi) is 16.2. The molecule has 0 heterocycles. The summed E-state index contributed by atoms with van der Waals surface area (Å²) in [5, 5.41) is 9.75. The molecule has 0 rings (SSSR count). The molecule has 0 spiro atoms. The van der Waals surface area contributed by atoms with Gasteiger partial charge in [-0.25, -0.2) is 0 Å². The zero-order chi connectivity index (χ0) is 12.9. The van der Waals surface area contributed by atoms with Gasteiger partial charge in [0, 0.05) is 45.0 Å². The number of thioether (sulfide) groups is 3. The van der Waals surface area contributed by atoms with Crippen molar-refractivity contribution >= 4 is 73.2 Å². The standard InChI is InChI=1S/C10H22OS6/c11-1-3-15-8-10(5-13)17-7-9(14)6-16-4-2-12/h9-14H,1-8H2. The van der Waals surface area contributed by atoms with Crippen LogP contribution in [0.5, 0.6) is 0 Å². The molecule has 7 heteroatoms. The predicted molar refractivity (Wildman–Crippen MR) is 98.5 cm³/mol. The third-order valence-corrected chi connectivity index (χ3v) is 7.74. The molecule has 0 aliphatic carbocycles. The molecule has 0 aromatic rings. The van der Waals surface area contributed by atoms with Crippen LogP contribution in [0.4, 0.5) is 0 Å². The Morgan fingerprint density at radius 3 is 2.29 bits per heavy atom. The van der Waals surface area contributed by atoms with Gasteiger partial charge in [-0.3, -0.25) is 0 Å². The van der Waals surface area contributed by atoms with Crippen LogP contribution in [0.1, 0.15) is 0 Å². The van der Waals surface area contributed by atoms with Gasteiger partial charge in [-0.05, 0) is 5.75 Å². The van der Waals surface area contributed by atoms with E-state index in [2.05, 4.69) is 37.9 Å². The molecule has 0 aromatic carbocycles. The van der Waals surface area contributed by atoms with Gasteiger partial charge in [0.15, 0.2) is 0 Å². The molecule has 0 aliphatic rings. The van der Waals surface area contributed by atoms with Crippen LogP contribution in [0.15, 0.2) is 0 Å².